The van der Waals surface area contributed by atoms with Crippen LogP contribution in [0.25, 0.3) is 22.1 Å². The Morgan fingerprint density at radius 1 is 1.00 bits per heavy atom. The molecule has 0 fully saturated rings. The minimum atomic E-state index is 0.553. The molecular formula is C14H13N3O. The first-order valence-corrected chi connectivity index (χ1v) is 5.87. The summed E-state index contributed by atoms with van der Waals surface area (Å²) >= 11 is 0. The number of hydrogen-bond acceptors (Lipinski definition) is 4. The summed E-state index contributed by atoms with van der Waals surface area (Å²) in [5.41, 5.74) is 9.75. The van der Waals surface area contributed by atoms with Crippen LogP contribution in [0, 0.1) is 0 Å². The van der Waals surface area contributed by atoms with Gasteiger partial charge in [0.2, 0.25) is 0 Å². The van der Waals surface area contributed by atoms with Gasteiger partial charge in [0.15, 0.2) is 5.75 Å². The van der Waals surface area contributed by atoms with Crippen molar-refractivity contribution in [1.29, 1.82) is 0 Å². The molecule has 1 aromatic heterocycles. The van der Waals surface area contributed by atoms with Crippen molar-refractivity contribution in [2.24, 2.45) is 0 Å². The molecule has 2 N–H and O–H groups in total. The Labute approximate surface area is 104 Å². The third-order valence-electron chi connectivity index (χ3n) is 2.78. The Morgan fingerprint density at radius 2 is 1.72 bits per heavy atom. The van der Waals surface area contributed by atoms with Crippen molar-refractivity contribution >= 4 is 27.8 Å². The molecule has 0 bridgehead atoms. The van der Waals surface area contributed by atoms with Crippen LogP contribution in [0.15, 0.2) is 36.4 Å². The average Bonchev–Trinajstić information content (AvgIpc) is 2.40. The van der Waals surface area contributed by atoms with Gasteiger partial charge in [-0.25, -0.2) is 9.97 Å². The Morgan fingerprint density at radius 3 is 2.44 bits per heavy atom. The maximum Gasteiger partial charge on any atom is 0.169 e. The van der Waals surface area contributed by atoms with Gasteiger partial charge in [0.25, 0.3) is 0 Å². The zero-order valence-electron chi connectivity index (χ0n) is 10.1. The lowest BCUT2D eigenvalue weighted by atomic mass is 10.2. The van der Waals surface area contributed by atoms with E-state index in [9.17, 15) is 0 Å². The van der Waals surface area contributed by atoms with Crippen LogP contribution in [0.1, 0.15) is 6.92 Å². The number of fused-ring (bicyclic) bond motifs is 2. The van der Waals surface area contributed by atoms with E-state index in [0.29, 0.717) is 18.0 Å². The summed E-state index contributed by atoms with van der Waals surface area (Å²) in [6.07, 6.45) is 0. The predicted octanol–water partition coefficient (Wildman–Crippen LogP) is 2.76. The van der Waals surface area contributed by atoms with Crippen LogP contribution < -0.4 is 10.5 Å². The van der Waals surface area contributed by atoms with Crippen molar-refractivity contribution in [1.82, 2.24) is 9.97 Å². The van der Waals surface area contributed by atoms with E-state index in [4.69, 9.17) is 10.5 Å². The number of rotatable bonds is 2. The lowest BCUT2D eigenvalue weighted by molar-refractivity contribution is 0.345. The van der Waals surface area contributed by atoms with Crippen molar-refractivity contribution in [3.05, 3.63) is 36.4 Å². The third kappa shape index (κ3) is 1.62. The van der Waals surface area contributed by atoms with E-state index in [1.807, 2.05) is 37.3 Å². The fourth-order valence-electron chi connectivity index (χ4n) is 1.97. The van der Waals surface area contributed by atoms with Crippen molar-refractivity contribution in [3.63, 3.8) is 0 Å². The Balaban J connectivity index is 2.39. The molecular weight excluding hydrogens is 226 g/mol. The molecule has 4 nitrogen and oxygen atoms in total. The van der Waals surface area contributed by atoms with Gasteiger partial charge in [0.1, 0.15) is 5.52 Å². The van der Waals surface area contributed by atoms with Gasteiger partial charge >= 0.3 is 0 Å². The Hall–Kier alpha value is -2.36. The largest absolute Gasteiger partial charge is 0.489 e. The number of aromatic nitrogens is 2. The number of para-hydroxylation sites is 2. The van der Waals surface area contributed by atoms with E-state index in [1.165, 1.54) is 0 Å². The molecule has 0 amide bonds. The Kier molecular flexibility index (Phi) is 2.48. The first-order chi connectivity index (χ1) is 8.79. The van der Waals surface area contributed by atoms with Crippen LogP contribution >= 0.6 is 0 Å². The zero-order chi connectivity index (χ0) is 12.5. The molecule has 0 saturated heterocycles. The summed E-state index contributed by atoms with van der Waals surface area (Å²) in [6, 6.07) is 11.4. The summed E-state index contributed by atoms with van der Waals surface area (Å²) in [5, 5.41) is 0. The summed E-state index contributed by atoms with van der Waals surface area (Å²) in [7, 11) is 0. The second kappa shape index (κ2) is 4.14. The minimum absolute atomic E-state index is 0.553. The number of nitrogens with zero attached hydrogens (tertiary/aromatic N) is 2. The molecule has 1 heterocycles. The molecule has 90 valence electrons. The van der Waals surface area contributed by atoms with Crippen molar-refractivity contribution in [2.45, 2.75) is 6.92 Å². The average molecular weight is 239 g/mol. The van der Waals surface area contributed by atoms with E-state index in [2.05, 4.69) is 9.97 Å². The van der Waals surface area contributed by atoms with Crippen LogP contribution in [-0.4, -0.2) is 16.6 Å². The topological polar surface area (TPSA) is 61.0 Å². The monoisotopic (exact) mass is 239 g/mol. The molecule has 0 radical (unpaired) electrons. The molecule has 18 heavy (non-hydrogen) atoms. The number of nitrogens with two attached hydrogens (primary N) is 1. The number of hydrogen-bond donors (Lipinski definition) is 1. The van der Waals surface area contributed by atoms with Crippen molar-refractivity contribution in [3.8, 4) is 5.75 Å². The molecule has 4 heteroatoms. The minimum Gasteiger partial charge on any atom is -0.489 e. The lowest BCUT2D eigenvalue weighted by Gasteiger charge is -2.09. The van der Waals surface area contributed by atoms with Crippen LogP contribution in [0.5, 0.6) is 5.75 Å². The predicted molar refractivity (Wildman–Crippen MR) is 72.6 cm³/mol. The SMILES string of the molecule is CCOc1c(N)ccc2nc3ccccc3nc12. The first kappa shape index (κ1) is 10.8. The van der Waals surface area contributed by atoms with Gasteiger partial charge in [-0.1, -0.05) is 12.1 Å². The zero-order valence-corrected chi connectivity index (χ0v) is 10.1. The highest BCUT2D eigenvalue weighted by molar-refractivity contribution is 5.92. The van der Waals surface area contributed by atoms with Gasteiger partial charge in [0.05, 0.1) is 28.8 Å². The highest BCUT2D eigenvalue weighted by Crippen LogP contribution is 2.30. The van der Waals surface area contributed by atoms with E-state index >= 15 is 0 Å². The van der Waals surface area contributed by atoms with E-state index in [1.54, 1.807) is 6.07 Å². The van der Waals surface area contributed by atoms with Gasteiger partial charge in [-0.3, -0.25) is 0 Å². The number of ether oxygens (including phenoxy) is 1. The molecule has 3 rings (SSSR count). The third-order valence-corrected chi connectivity index (χ3v) is 2.78. The molecule has 0 spiro atoms. The van der Waals surface area contributed by atoms with Gasteiger partial charge in [0, 0.05) is 0 Å². The summed E-state index contributed by atoms with van der Waals surface area (Å²) in [6.45, 7) is 2.48. The van der Waals surface area contributed by atoms with Crippen molar-refractivity contribution < 1.29 is 4.74 Å². The maximum atomic E-state index is 5.92. The number of nitrogen functional groups attached to an aromatic ring is 1. The highest BCUT2D eigenvalue weighted by atomic mass is 16.5. The van der Waals surface area contributed by atoms with Crippen LogP contribution in [0.4, 0.5) is 5.69 Å². The molecule has 0 atom stereocenters. The second-order valence-corrected chi connectivity index (χ2v) is 4.00. The molecule has 0 aliphatic heterocycles. The fourth-order valence-corrected chi connectivity index (χ4v) is 1.97. The van der Waals surface area contributed by atoms with Gasteiger partial charge < -0.3 is 10.5 Å². The summed E-state index contributed by atoms with van der Waals surface area (Å²) in [4.78, 5) is 9.15. The molecule has 0 saturated carbocycles. The van der Waals surface area contributed by atoms with Gasteiger partial charge in [-0.15, -0.1) is 0 Å². The molecule has 0 aliphatic rings. The summed E-state index contributed by atoms with van der Waals surface area (Å²) in [5.74, 6) is 0.619. The van der Waals surface area contributed by atoms with E-state index in [-0.39, 0.29) is 0 Å². The fraction of sp³-hybridized carbons (Fsp3) is 0.143. The number of benzene rings is 2. The van der Waals surface area contributed by atoms with Gasteiger partial charge in [-0.2, -0.15) is 0 Å². The standard InChI is InChI=1S/C14H13N3O/c1-2-18-14-9(15)7-8-12-13(14)17-11-6-4-3-5-10(11)16-12/h3-8H,2,15H2,1H3. The Bertz CT molecular complexity index is 725. The lowest BCUT2D eigenvalue weighted by Crippen LogP contribution is -1.99. The number of anilines is 1. The van der Waals surface area contributed by atoms with E-state index < -0.39 is 0 Å². The maximum absolute atomic E-state index is 5.92. The first-order valence-electron chi connectivity index (χ1n) is 5.87. The molecule has 0 aliphatic carbocycles. The van der Waals surface area contributed by atoms with Crippen LogP contribution in [0.3, 0.4) is 0 Å². The second-order valence-electron chi connectivity index (χ2n) is 4.00. The van der Waals surface area contributed by atoms with Gasteiger partial charge in [-0.05, 0) is 31.2 Å². The molecule has 0 unspecified atom stereocenters. The summed E-state index contributed by atoms with van der Waals surface area (Å²) < 4.78 is 5.57. The van der Waals surface area contributed by atoms with Crippen LogP contribution in [-0.2, 0) is 0 Å². The highest BCUT2D eigenvalue weighted by Gasteiger charge is 2.10. The quantitative estimate of drug-likeness (QED) is 0.551. The van der Waals surface area contributed by atoms with Crippen molar-refractivity contribution in [2.75, 3.05) is 12.3 Å². The van der Waals surface area contributed by atoms with Crippen LogP contribution in [0.2, 0.25) is 0 Å². The van der Waals surface area contributed by atoms with E-state index in [0.717, 1.165) is 22.1 Å². The smallest absolute Gasteiger partial charge is 0.169 e. The molecule has 3 aromatic rings. The normalized spacial score (nSPS) is 10.9. The molecule has 2 aromatic carbocycles.